The highest BCUT2D eigenvalue weighted by Gasteiger charge is 2.07. The quantitative estimate of drug-likeness (QED) is 0.902. The Bertz CT molecular complexity index is 522. The topological polar surface area (TPSA) is 29.9 Å². The van der Waals surface area contributed by atoms with Gasteiger partial charge in [0, 0.05) is 17.5 Å². The van der Waals surface area contributed by atoms with Crippen LogP contribution in [-0.2, 0) is 13.1 Å². The van der Waals surface area contributed by atoms with Crippen molar-refractivity contribution < 1.29 is 4.39 Å². The third kappa shape index (κ3) is 4.51. The van der Waals surface area contributed by atoms with E-state index in [0.717, 1.165) is 22.9 Å². The normalized spacial score (nSPS) is 10.6. The molecule has 0 aliphatic carbocycles. The van der Waals surface area contributed by atoms with Crippen molar-refractivity contribution in [3.05, 3.63) is 33.9 Å². The molecule has 2 heterocycles. The summed E-state index contributed by atoms with van der Waals surface area (Å²) in [6.07, 6.45) is 0. The second-order valence-electron chi connectivity index (χ2n) is 4.81. The molecule has 0 aliphatic rings. The number of aryl methyl sites for hydroxylation is 1. The summed E-state index contributed by atoms with van der Waals surface area (Å²) in [5.41, 5.74) is 0.996. The first-order valence-corrected chi connectivity index (χ1v) is 6.89. The zero-order chi connectivity index (χ0) is 13.1. The van der Waals surface area contributed by atoms with Gasteiger partial charge in [-0.25, -0.2) is 4.68 Å². The predicted octanol–water partition coefficient (Wildman–Crippen LogP) is 4.08. The van der Waals surface area contributed by atoms with Crippen molar-refractivity contribution in [3.8, 4) is 0 Å². The monoisotopic (exact) mass is 303 g/mol. The van der Waals surface area contributed by atoms with Gasteiger partial charge in [-0.05, 0) is 25.0 Å². The van der Waals surface area contributed by atoms with E-state index in [1.54, 1.807) is 0 Å². The average Bonchev–Trinajstić information content (AvgIpc) is 2.82. The van der Waals surface area contributed by atoms with E-state index in [1.807, 2.05) is 23.7 Å². The number of anilines is 1. The van der Waals surface area contributed by atoms with Gasteiger partial charge in [0.25, 0.3) is 0 Å². The van der Waals surface area contributed by atoms with E-state index in [2.05, 4.69) is 24.3 Å². The van der Waals surface area contributed by atoms with E-state index in [9.17, 15) is 4.39 Å². The van der Waals surface area contributed by atoms with Gasteiger partial charge in [-0.1, -0.05) is 13.8 Å². The van der Waals surface area contributed by atoms with Crippen molar-refractivity contribution in [2.75, 3.05) is 5.32 Å². The highest BCUT2D eigenvalue weighted by atomic mass is 35.5. The van der Waals surface area contributed by atoms with Crippen LogP contribution in [-0.4, -0.2) is 9.78 Å². The van der Waals surface area contributed by atoms with Crippen LogP contribution in [0.5, 0.6) is 0 Å². The Morgan fingerprint density at radius 3 is 2.74 bits per heavy atom. The Balaban J connectivity index is 0.00000180. The van der Waals surface area contributed by atoms with Gasteiger partial charge in [-0.2, -0.15) is 9.49 Å². The van der Waals surface area contributed by atoms with Crippen LogP contribution in [0.2, 0.25) is 0 Å². The van der Waals surface area contributed by atoms with E-state index >= 15 is 0 Å². The molecule has 0 saturated carbocycles. The van der Waals surface area contributed by atoms with Gasteiger partial charge in [-0.3, -0.25) is 0 Å². The summed E-state index contributed by atoms with van der Waals surface area (Å²) in [5.74, 6) is 1.54. The molecule has 0 bridgehead atoms. The van der Waals surface area contributed by atoms with Crippen LogP contribution >= 0.6 is 23.7 Å². The Kier molecular flexibility index (Phi) is 5.82. The van der Waals surface area contributed by atoms with Gasteiger partial charge in [0.2, 0.25) is 0 Å². The van der Waals surface area contributed by atoms with Crippen LogP contribution in [0.25, 0.3) is 0 Å². The van der Waals surface area contributed by atoms with E-state index in [0.29, 0.717) is 12.5 Å². The molecule has 0 saturated heterocycles. The molecule has 3 nitrogen and oxygen atoms in total. The molecule has 2 aromatic rings. The molecule has 0 radical (unpaired) electrons. The minimum atomic E-state index is -0.140. The van der Waals surface area contributed by atoms with Gasteiger partial charge in [0.1, 0.15) is 5.82 Å². The molecule has 0 amide bonds. The minimum Gasteiger partial charge on any atom is -0.365 e. The molecular weight excluding hydrogens is 285 g/mol. The summed E-state index contributed by atoms with van der Waals surface area (Å²) >= 11 is 1.17. The Hall–Kier alpha value is -1.07. The van der Waals surface area contributed by atoms with E-state index in [1.165, 1.54) is 17.4 Å². The minimum absolute atomic E-state index is 0. The molecule has 1 N–H and O–H groups in total. The van der Waals surface area contributed by atoms with E-state index in [4.69, 9.17) is 0 Å². The summed E-state index contributed by atoms with van der Waals surface area (Å²) in [7, 11) is 0. The van der Waals surface area contributed by atoms with Crippen molar-refractivity contribution in [2.45, 2.75) is 33.9 Å². The number of hydrogen-bond donors (Lipinski definition) is 1. The van der Waals surface area contributed by atoms with Gasteiger partial charge < -0.3 is 5.32 Å². The van der Waals surface area contributed by atoms with Crippen LogP contribution in [0.15, 0.2) is 18.2 Å². The Morgan fingerprint density at radius 1 is 1.42 bits per heavy atom. The van der Waals surface area contributed by atoms with Crippen LogP contribution in [0, 0.1) is 18.0 Å². The van der Waals surface area contributed by atoms with Crippen molar-refractivity contribution in [1.29, 1.82) is 0 Å². The van der Waals surface area contributed by atoms with Crippen LogP contribution < -0.4 is 5.32 Å². The highest BCUT2D eigenvalue weighted by Crippen LogP contribution is 2.18. The molecule has 2 rings (SSSR count). The number of hydrogen-bond acceptors (Lipinski definition) is 3. The lowest BCUT2D eigenvalue weighted by Crippen LogP contribution is -2.11. The van der Waals surface area contributed by atoms with Crippen molar-refractivity contribution >= 4 is 29.6 Å². The number of nitrogens with zero attached hydrogens (tertiary/aromatic N) is 2. The average molecular weight is 304 g/mol. The third-order valence-corrected chi connectivity index (χ3v) is 3.39. The Labute approximate surface area is 123 Å². The maximum Gasteiger partial charge on any atom is 0.176 e. The number of aromatic nitrogens is 2. The maximum absolute atomic E-state index is 12.9. The SMILES string of the molecule is Cc1cc(NCc2ccc(F)s2)n(CC(C)C)n1.Cl. The molecule has 0 aromatic carbocycles. The molecule has 2 aromatic heterocycles. The van der Waals surface area contributed by atoms with Crippen LogP contribution in [0.4, 0.5) is 10.2 Å². The zero-order valence-corrected chi connectivity index (χ0v) is 12.9. The smallest absolute Gasteiger partial charge is 0.176 e. The van der Waals surface area contributed by atoms with Crippen molar-refractivity contribution in [2.24, 2.45) is 5.92 Å². The second-order valence-corrected chi connectivity index (χ2v) is 5.92. The molecule has 0 fully saturated rings. The highest BCUT2D eigenvalue weighted by molar-refractivity contribution is 7.10. The summed E-state index contributed by atoms with van der Waals surface area (Å²) in [4.78, 5) is 0.988. The molecule has 19 heavy (non-hydrogen) atoms. The maximum atomic E-state index is 12.9. The first-order valence-electron chi connectivity index (χ1n) is 6.07. The third-order valence-electron chi connectivity index (χ3n) is 2.51. The number of rotatable bonds is 5. The zero-order valence-electron chi connectivity index (χ0n) is 11.3. The first kappa shape index (κ1) is 16.0. The van der Waals surface area contributed by atoms with Gasteiger partial charge in [0.05, 0.1) is 12.2 Å². The van der Waals surface area contributed by atoms with Gasteiger partial charge >= 0.3 is 0 Å². The first-order chi connectivity index (χ1) is 8.54. The van der Waals surface area contributed by atoms with Crippen LogP contribution in [0.3, 0.4) is 0 Å². The number of nitrogens with one attached hydrogen (secondary N) is 1. The molecule has 0 spiro atoms. The lowest BCUT2D eigenvalue weighted by atomic mass is 10.2. The van der Waals surface area contributed by atoms with Crippen molar-refractivity contribution in [3.63, 3.8) is 0 Å². The fraction of sp³-hybridized carbons (Fsp3) is 0.462. The fourth-order valence-electron chi connectivity index (χ4n) is 1.80. The predicted molar refractivity (Wildman–Crippen MR) is 80.7 cm³/mol. The molecular formula is C13H19ClFN3S. The van der Waals surface area contributed by atoms with Crippen LogP contribution in [0.1, 0.15) is 24.4 Å². The van der Waals surface area contributed by atoms with Crippen molar-refractivity contribution in [1.82, 2.24) is 9.78 Å². The molecule has 6 heteroatoms. The summed E-state index contributed by atoms with van der Waals surface area (Å²) in [5, 5.41) is 7.62. The molecule has 0 aliphatic heterocycles. The molecule has 0 atom stereocenters. The largest absolute Gasteiger partial charge is 0.365 e. The molecule has 106 valence electrons. The Morgan fingerprint density at radius 2 is 2.16 bits per heavy atom. The standard InChI is InChI=1S/C13H18FN3S.ClH/c1-9(2)8-17-13(6-10(3)16-17)15-7-11-4-5-12(14)18-11;/h4-6,9,15H,7-8H2,1-3H3;1H. The number of thiophene rings is 1. The number of halogens is 2. The van der Waals surface area contributed by atoms with E-state index < -0.39 is 0 Å². The van der Waals surface area contributed by atoms with E-state index in [-0.39, 0.29) is 17.5 Å². The molecule has 0 unspecified atom stereocenters. The second kappa shape index (κ2) is 6.91. The summed E-state index contributed by atoms with van der Waals surface area (Å²) in [6.45, 7) is 7.82. The van der Waals surface area contributed by atoms with Gasteiger partial charge in [-0.15, -0.1) is 23.7 Å². The lowest BCUT2D eigenvalue weighted by molar-refractivity contribution is 0.485. The lowest BCUT2D eigenvalue weighted by Gasteiger charge is -2.10. The van der Waals surface area contributed by atoms with Gasteiger partial charge in [0.15, 0.2) is 5.13 Å². The summed E-state index contributed by atoms with van der Waals surface area (Å²) < 4.78 is 14.9. The summed E-state index contributed by atoms with van der Waals surface area (Å²) in [6, 6.07) is 5.33. The fourth-order valence-corrected chi connectivity index (χ4v) is 2.46.